The van der Waals surface area contributed by atoms with Crippen LogP contribution in [0.2, 0.25) is 0 Å². The summed E-state index contributed by atoms with van der Waals surface area (Å²) in [6.07, 6.45) is 0.435. The molecule has 7 heteroatoms. The Bertz CT molecular complexity index is 648. The number of amides is 1. The van der Waals surface area contributed by atoms with Gasteiger partial charge in [-0.15, -0.1) is 0 Å². The molecule has 136 valence electrons. The van der Waals surface area contributed by atoms with Crippen molar-refractivity contribution in [1.82, 2.24) is 4.90 Å². The zero-order chi connectivity index (χ0) is 17.9. The van der Waals surface area contributed by atoms with Crippen LogP contribution in [-0.4, -0.2) is 61.4 Å². The predicted octanol–water partition coefficient (Wildman–Crippen LogP) is 1.41. The first-order valence-electron chi connectivity index (χ1n) is 8.50. The van der Waals surface area contributed by atoms with Gasteiger partial charge in [-0.1, -0.05) is 12.1 Å². The van der Waals surface area contributed by atoms with E-state index in [9.17, 15) is 14.7 Å². The molecule has 0 aromatic heterocycles. The molecule has 7 nitrogen and oxygen atoms in total. The van der Waals surface area contributed by atoms with Crippen LogP contribution >= 0.6 is 0 Å². The van der Waals surface area contributed by atoms with E-state index in [1.165, 1.54) is 0 Å². The Labute approximate surface area is 146 Å². The summed E-state index contributed by atoms with van der Waals surface area (Å²) < 4.78 is 16.5. The van der Waals surface area contributed by atoms with Crippen molar-refractivity contribution in [2.45, 2.75) is 13.3 Å². The number of likely N-dealkylation sites (tertiary alicyclic amines) is 1. The lowest BCUT2D eigenvalue weighted by molar-refractivity contribution is -0.157. The van der Waals surface area contributed by atoms with E-state index in [0.29, 0.717) is 44.3 Å². The van der Waals surface area contributed by atoms with Crippen molar-refractivity contribution in [3.05, 3.63) is 24.3 Å². The van der Waals surface area contributed by atoms with Crippen LogP contribution in [0.4, 0.5) is 0 Å². The summed E-state index contributed by atoms with van der Waals surface area (Å²) >= 11 is 0. The monoisotopic (exact) mass is 349 g/mol. The molecule has 1 aromatic carbocycles. The van der Waals surface area contributed by atoms with Gasteiger partial charge in [0.2, 0.25) is 0 Å². The van der Waals surface area contributed by atoms with Crippen molar-refractivity contribution in [2.24, 2.45) is 11.3 Å². The van der Waals surface area contributed by atoms with Crippen molar-refractivity contribution in [1.29, 1.82) is 0 Å². The summed E-state index contributed by atoms with van der Waals surface area (Å²) in [6, 6.07) is 7.17. The van der Waals surface area contributed by atoms with Gasteiger partial charge in [-0.05, 0) is 25.5 Å². The fourth-order valence-electron chi connectivity index (χ4n) is 3.56. The van der Waals surface area contributed by atoms with Crippen LogP contribution < -0.4 is 9.47 Å². The van der Waals surface area contributed by atoms with Crippen molar-refractivity contribution in [3.8, 4) is 11.5 Å². The number of carboxylic acid groups (broad SMARTS) is 1. The Balaban J connectivity index is 1.64. The highest BCUT2D eigenvalue weighted by Gasteiger charge is 2.54. The normalized spacial score (nSPS) is 25.3. The van der Waals surface area contributed by atoms with Crippen molar-refractivity contribution in [3.63, 3.8) is 0 Å². The van der Waals surface area contributed by atoms with E-state index in [1.54, 1.807) is 17.0 Å². The smallest absolute Gasteiger partial charge is 0.311 e. The van der Waals surface area contributed by atoms with Gasteiger partial charge in [0.15, 0.2) is 18.1 Å². The second-order valence-corrected chi connectivity index (χ2v) is 6.43. The number of rotatable bonds is 6. The Morgan fingerprint density at radius 3 is 2.68 bits per heavy atom. The highest BCUT2D eigenvalue weighted by atomic mass is 16.5. The Kier molecular flexibility index (Phi) is 5.13. The molecule has 1 amide bonds. The van der Waals surface area contributed by atoms with Gasteiger partial charge in [-0.3, -0.25) is 9.59 Å². The molecule has 0 unspecified atom stereocenters. The first-order chi connectivity index (χ1) is 12.1. The average Bonchev–Trinajstić information content (AvgIpc) is 3.02. The van der Waals surface area contributed by atoms with E-state index in [0.717, 1.165) is 0 Å². The molecule has 0 saturated carbocycles. The molecule has 2 heterocycles. The number of carboxylic acids is 1. The third-order valence-electron chi connectivity index (χ3n) is 4.99. The van der Waals surface area contributed by atoms with Gasteiger partial charge in [-0.2, -0.15) is 0 Å². The van der Waals surface area contributed by atoms with E-state index in [1.807, 2.05) is 19.1 Å². The number of aliphatic carboxylic acids is 1. The number of fused-ring (bicyclic) bond motifs is 1. The first kappa shape index (κ1) is 17.5. The lowest BCUT2D eigenvalue weighted by Gasteiger charge is -2.33. The Morgan fingerprint density at radius 1 is 1.32 bits per heavy atom. The summed E-state index contributed by atoms with van der Waals surface area (Å²) in [5.41, 5.74) is -0.892. The largest absolute Gasteiger partial charge is 0.490 e. The van der Waals surface area contributed by atoms with Crippen molar-refractivity contribution in [2.75, 3.05) is 39.5 Å². The summed E-state index contributed by atoms with van der Waals surface area (Å²) in [5.74, 6) is -0.146. The molecule has 0 spiro atoms. The molecule has 2 atom stereocenters. The van der Waals surface area contributed by atoms with Gasteiger partial charge in [0.1, 0.15) is 0 Å². The highest BCUT2D eigenvalue weighted by molar-refractivity contribution is 5.82. The van der Waals surface area contributed by atoms with Crippen LogP contribution in [0, 0.1) is 11.3 Å². The number of carbonyl (C=O) groups is 2. The molecule has 0 bridgehead atoms. The van der Waals surface area contributed by atoms with Crippen molar-refractivity contribution >= 4 is 11.9 Å². The molecule has 2 aliphatic rings. The van der Waals surface area contributed by atoms with Crippen LogP contribution in [0.5, 0.6) is 11.5 Å². The molecule has 0 radical (unpaired) electrons. The maximum atomic E-state index is 12.5. The minimum atomic E-state index is -0.892. The number of para-hydroxylation sites is 2. The van der Waals surface area contributed by atoms with E-state index in [-0.39, 0.29) is 25.0 Å². The van der Waals surface area contributed by atoms with Crippen LogP contribution in [0.1, 0.15) is 13.3 Å². The minimum absolute atomic E-state index is 0.145. The number of hydrogen-bond acceptors (Lipinski definition) is 5. The number of ether oxygens (including phenoxy) is 3. The summed E-state index contributed by atoms with van der Waals surface area (Å²) in [5, 5.41) is 9.66. The molecular formula is C18H23NO6. The fraction of sp³-hybridized carbons (Fsp3) is 0.556. The van der Waals surface area contributed by atoms with Crippen molar-refractivity contribution < 1.29 is 28.9 Å². The van der Waals surface area contributed by atoms with Crippen LogP contribution in [0.15, 0.2) is 24.3 Å². The van der Waals surface area contributed by atoms with Gasteiger partial charge >= 0.3 is 5.97 Å². The highest BCUT2D eigenvalue weighted by Crippen LogP contribution is 2.42. The van der Waals surface area contributed by atoms with Gasteiger partial charge in [0, 0.05) is 25.6 Å². The summed E-state index contributed by atoms with van der Waals surface area (Å²) in [7, 11) is 0. The zero-order valence-corrected chi connectivity index (χ0v) is 14.3. The van der Waals surface area contributed by atoms with Gasteiger partial charge in [-0.25, -0.2) is 0 Å². The third-order valence-corrected chi connectivity index (χ3v) is 4.99. The molecule has 1 aromatic rings. The number of carbonyl (C=O) groups excluding carboxylic acids is 1. The van der Waals surface area contributed by atoms with E-state index >= 15 is 0 Å². The third kappa shape index (κ3) is 3.42. The van der Waals surface area contributed by atoms with Gasteiger partial charge < -0.3 is 24.2 Å². The fourth-order valence-corrected chi connectivity index (χ4v) is 3.56. The summed E-state index contributed by atoms with van der Waals surface area (Å²) in [4.78, 5) is 25.9. The maximum Gasteiger partial charge on any atom is 0.311 e. The molecule has 2 saturated heterocycles. The van der Waals surface area contributed by atoms with E-state index < -0.39 is 11.4 Å². The summed E-state index contributed by atoms with van der Waals surface area (Å²) in [6.45, 7) is 3.64. The molecular weight excluding hydrogens is 326 g/mol. The van der Waals surface area contributed by atoms with Gasteiger partial charge in [0.25, 0.3) is 5.91 Å². The predicted molar refractivity (Wildman–Crippen MR) is 88.7 cm³/mol. The molecule has 25 heavy (non-hydrogen) atoms. The van der Waals surface area contributed by atoms with Crippen LogP contribution in [0.25, 0.3) is 0 Å². The second-order valence-electron chi connectivity index (χ2n) is 6.43. The molecule has 3 rings (SSSR count). The van der Waals surface area contributed by atoms with Crippen LogP contribution in [-0.2, 0) is 14.3 Å². The molecule has 2 fully saturated rings. The SMILES string of the molecule is CCOc1ccccc1OCC(=O)N1C[C@H]2COCC[C@@]2(C(=O)O)C1. The maximum absolute atomic E-state index is 12.5. The Hall–Kier alpha value is -2.28. The van der Waals surface area contributed by atoms with Gasteiger partial charge in [0.05, 0.1) is 18.6 Å². The quantitative estimate of drug-likeness (QED) is 0.836. The molecule has 1 N–H and O–H groups in total. The standard InChI is InChI=1S/C18H23NO6/c1-2-24-14-5-3-4-6-15(14)25-11-16(20)19-9-13-10-23-8-7-18(13,12-19)17(21)22/h3-6,13H,2,7-12H2,1H3,(H,21,22)/t13-,18+/m0/s1. The topological polar surface area (TPSA) is 85.3 Å². The minimum Gasteiger partial charge on any atom is -0.490 e. The van der Waals surface area contributed by atoms with E-state index in [2.05, 4.69) is 0 Å². The number of hydrogen-bond donors (Lipinski definition) is 1. The lowest BCUT2D eigenvalue weighted by atomic mass is 9.74. The van der Waals surface area contributed by atoms with Crippen LogP contribution in [0.3, 0.4) is 0 Å². The molecule has 2 aliphatic heterocycles. The number of benzene rings is 1. The first-order valence-corrected chi connectivity index (χ1v) is 8.50. The van der Waals surface area contributed by atoms with E-state index in [4.69, 9.17) is 14.2 Å². The number of nitrogens with zero attached hydrogens (tertiary/aromatic N) is 1. The Morgan fingerprint density at radius 2 is 2.04 bits per heavy atom. The average molecular weight is 349 g/mol. The zero-order valence-electron chi connectivity index (χ0n) is 14.3. The second kappa shape index (κ2) is 7.31. The lowest BCUT2D eigenvalue weighted by Crippen LogP contribution is -2.45. The molecule has 0 aliphatic carbocycles.